The van der Waals surface area contributed by atoms with Crippen molar-refractivity contribution in [2.75, 3.05) is 0 Å². The van der Waals surface area contributed by atoms with E-state index in [0.29, 0.717) is 0 Å². The van der Waals surface area contributed by atoms with E-state index in [4.69, 9.17) is 0 Å². The van der Waals surface area contributed by atoms with E-state index in [2.05, 4.69) is 42.1 Å². The highest BCUT2D eigenvalue weighted by atomic mass is 32.2. The lowest BCUT2D eigenvalue weighted by Crippen LogP contribution is -2.04. The van der Waals surface area contributed by atoms with Gasteiger partial charge in [0.2, 0.25) is 0 Å². The molecule has 1 heteroatoms. The molecule has 0 nitrogen and oxygen atoms in total. The Morgan fingerprint density at radius 2 is 2.15 bits per heavy atom. The largest absolute Gasteiger partial charge is 0.127 e. The molecule has 0 heterocycles. The van der Waals surface area contributed by atoms with Crippen LogP contribution in [0.1, 0.15) is 32.1 Å². The predicted octanol–water partition coefficient (Wildman–Crippen LogP) is 4.06. The van der Waals surface area contributed by atoms with Crippen molar-refractivity contribution in [1.82, 2.24) is 0 Å². The zero-order valence-electron chi connectivity index (χ0n) is 7.91. The molecule has 0 saturated carbocycles. The van der Waals surface area contributed by atoms with Gasteiger partial charge in [-0.05, 0) is 37.0 Å². The van der Waals surface area contributed by atoms with E-state index in [0.717, 1.165) is 11.7 Å². The van der Waals surface area contributed by atoms with E-state index < -0.39 is 0 Å². The number of hydrogen-bond donors (Lipinski definition) is 0. The van der Waals surface area contributed by atoms with Crippen molar-refractivity contribution < 1.29 is 0 Å². The van der Waals surface area contributed by atoms with Crippen LogP contribution >= 0.6 is 11.8 Å². The van der Waals surface area contributed by atoms with E-state index in [1.165, 1.54) is 25.7 Å². The van der Waals surface area contributed by atoms with Gasteiger partial charge in [0.25, 0.3) is 0 Å². The summed E-state index contributed by atoms with van der Waals surface area (Å²) in [5.41, 5.74) is 0. The molecule has 0 amide bonds. The molecule has 0 N–H and O–H groups in total. The Hall–Kier alpha value is -0.430. The Morgan fingerprint density at radius 3 is 2.85 bits per heavy atom. The Morgan fingerprint density at radius 1 is 1.15 bits per heavy atom. The van der Waals surface area contributed by atoms with Crippen molar-refractivity contribution >= 4 is 11.8 Å². The second-order valence-corrected chi connectivity index (χ2v) is 5.03. The third kappa shape index (κ3) is 2.77. The molecule has 0 spiro atoms. The molecule has 2 aliphatic rings. The van der Waals surface area contributed by atoms with Gasteiger partial charge in [-0.1, -0.05) is 30.4 Å². The molecule has 0 fully saturated rings. The third-order valence-electron chi connectivity index (χ3n) is 2.51. The summed E-state index contributed by atoms with van der Waals surface area (Å²) in [6.07, 6.45) is 17.8. The smallest absolute Gasteiger partial charge is 0.0129 e. The minimum Gasteiger partial charge on any atom is -0.127 e. The lowest BCUT2D eigenvalue weighted by atomic mass is 10.1. The van der Waals surface area contributed by atoms with Crippen molar-refractivity contribution in [2.45, 2.75) is 37.4 Å². The van der Waals surface area contributed by atoms with Crippen molar-refractivity contribution in [1.29, 1.82) is 0 Å². The summed E-state index contributed by atoms with van der Waals surface area (Å²) >= 11 is 2.10. The highest BCUT2D eigenvalue weighted by Crippen LogP contribution is 2.33. The number of thioether (sulfide) groups is 1. The highest BCUT2D eigenvalue weighted by Gasteiger charge is 2.12. The van der Waals surface area contributed by atoms with E-state index in [1.807, 2.05) is 0 Å². The summed E-state index contributed by atoms with van der Waals surface area (Å²) in [6.45, 7) is 0. The maximum atomic E-state index is 2.38. The average Bonchev–Trinajstić information content (AvgIpc) is 2.21. The van der Waals surface area contributed by atoms with Crippen LogP contribution in [0, 0.1) is 0 Å². The van der Waals surface area contributed by atoms with Gasteiger partial charge in [-0.15, -0.1) is 11.8 Å². The molecule has 0 aliphatic heterocycles. The number of rotatable bonds is 2. The number of hydrogen-bond acceptors (Lipinski definition) is 1. The third-order valence-corrected chi connectivity index (χ3v) is 3.90. The van der Waals surface area contributed by atoms with Crippen LogP contribution in [0.4, 0.5) is 0 Å². The first-order chi connectivity index (χ1) is 6.45. The molecular formula is C12H16S. The SMILES string of the molecule is C1=CCC(SC2CC=CCC2)=CC1. The molecule has 0 bridgehead atoms. The van der Waals surface area contributed by atoms with Gasteiger partial charge >= 0.3 is 0 Å². The summed E-state index contributed by atoms with van der Waals surface area (Å²) in [6, 6.07) is 0. The summed E-state index contributed by atoms with van der Waals surface area (Å²) in [4.78, 5) is 1.59. The Labute approximate surface area is 84.8 Å². The molecule has 13 heavy (non-hydrogen) atoms. The maximum Gasteiger partial charge on any atom is 0.0129 e. The molecular weight excluding hydrogens is 176 g/mol. The monoisotopic (exact) mass is 192 g/mol. The van der Waals surface area contributed by atoms with Crippen molar-refractivity contribution in [3.63, 3.8) is 0 Å². The molecule has 2 aliphatic carbocycles. The Kier molecular flexibility index (Phi) is 3.31. The van der Waals surface area contributed by atoms with Gasteiger partial charge in [0.15, 0.2) is 0 Å². The van der Waals surface area contributed by atoms with Gasteiger partial charge in [0, 0.05) is 5.25 Å². The average molecular weight is 192 g/mol. The van der Waals surface area contributed by atoms with Crippen LogP contribution in [0.25, 0.3) is 0 Å². The van der Waals surface area contributed by atoms with Crippen LogP contribution in [0.15, 0.2) is 35.3 Å². The zero-order valence-corrected chi connectivity index (χ0v) is 8.72. The van der Waals surface area contributed by atoms with E-state index in [1.54, 1.807) is 4.91 Å². The van der Waals surface area contributed by atoms with Crippen LogP contribution in [0.5, 0.6) is 0 Å². The van der Waals surface area contributed by atoms with Crippen LogP contribution < -0.4 is 0 Å². The molecule has 0 aromatic rings. The Bertz CT molecular complexity index is 248. The Balaban J connectivity index is 1.83. The topological polar surface area (TPSA) is 0 Å². The first kappa shape index (κ1) is 9.14. The molecule has 1 atom stereocenters. The van der Waals surface area contributed by atoms with Gasteiger partial charge in [-0.25, -0.2) is 0 Å². The maximum absolute atomic E-state index is 2.38. The normalized spacial score (nSPS) is 27.4. The van der Waals surface area contributed by atoms with Gasteiger partial charge in [-0.2, -0.15) is 0 Å². The van der Waals surface area contributed by atoms with Crippen LogP contribution in [-0.4, -0.2) is 5.25 Å². The van der Waals surface area contributed by atoms with E-state index >= 15 is 0 Å². The highest BCUT2D eigenvalue weighted by molar-refractivity contribution is 8.03. The molecule has 0 aromatic heterocycles. The van der Waals surface area contributed by atoms with Crippen LogP contribution in [-0.2, 0) is 0 Å². The molecule has 0 radical (unpaired) electrons. The minimum atomic E-state index is 0.850. The quantitative estimate of drug-likeness (QED) is 0.594. The van der Waals surface area contributed by atoms with Crippen molar-refractivity contribution in [3.8, 4) is 0 Å². The molecule has 1 unspecified atom stereocenters. The first-order valence-electron chi connectivity index (χ1n) is 5.11. The molecule has 2 rings (SSSR count). The first-order valence-corrected chi connectivity index (χ1v) is 5.99. The van der Waals surface area contributed by atoms with Gasteiger partial charge in [-0.3, -0.25) is 0 Å². The predicted molar refractivity (Wildman–Crippen MR) is 60.8 cm³/mol. The number of allylic oxidation sites excluding steroid dienone is 6. The fourth-order valence-electron chi connectivity index (χ4n) is 1.76. The lowest BCUT2D eigenvalue weighted by molar-refractivity contribution is 0.749. The van der Waals surface area contributed by atoms with Gasteiger partial charge in [0.05, 0.1) is 0 Å². The van der Waals surface area contributed by atoms with Gasteiger partial charge in [0.1, 0.15) is 0 Å². The van der Waals surface area contributed by atoms with E-state index in [-0.39, 0.29) is 0 Å². The van der Waals surface area contributed by atoms with Crippen LogP contribution in [0.3, 0.4) is 0 Å². The summed E-state index contributed by atoms with van der Waals surface area (Å²) < 4.78 is 0. The van der Waals surface area contributed by atoms with Crippen molar-refractivity contribution in [3.05, 3.63) is 35.3 Å². The fraction of sp³-hybridized carbons (Fsp3) is 0.500. The summed E-state index contributed by atoms with van der Waals surface area (Å²) in [5.74, 6) is 0. The second kappa shape index (κ2) is 4.71. The standard InChI is InChI=1S/C12H16S/c1-3-7-11(8-4-1)13-12-9-5-2-6-10-12/h1-3,5,8,12H,4,6-7,9-10H2. The second-order valence-electron chi connectivity index (χ2n) is 3.61. The molecule has 70 valence electrons. The van der Waals surface area contributed by atoms with Gasteiger partial charge < -0.3 is 0 Å². The molecule has 0 aromatic carbocycles. The zero-order chi connectivity index (χ0) is 8.93. The summed E-state index contributed by atoms with van der Waals surface area (Å²) in [5, 5.41) is 0.850. The van der Waals surface area contributed by atoms with E-state index in [9.17, 15) is 0 Å². The summed E-state index contributed by atoms with van der Waals surface area (Å²) in [7, 11) is 0. The fourth-order valence-corrected chi connectivity index (χ4v) is 3.04. The van der Waals surface area contributed by atoms with Crippen molar-refractivity contribution in [2.24, 2.45) is 0 Å². The lowest BCUT2D eigenvalue weighted by Gasteiger charge is -2.19. The van der Waals surface area contributed by atoms with Crippen LogP contribution in [0.2, 0.25) is 0 Å². The molecule has 0 saturated heterocycles. The minimum absolute atomic E-state index is 0.850.